The molecule has 0 bridgehead atoms. The van der Waals surface area contributed by atoms with Gasteiger partial charge >= 0.3 is 6.03 Å². The van der Waals surface area contributed by atoms with Crippen molar-refractivity contribution >= 4 is 17.8 Å². The second kappa shape index (κ2) is 7.96. The molecule has 4 amide bonds. The van der Waals surface area contributed by atoms with Gasteiger partial charge in [0, 0.05) is 38.3 Å². The Kier molecular flexibility index (Phi) is 5.98. The molecule has 0 aromatic heterocycles. The molecular formula is C16H25N3O3. The van der Waals surface area contributed by atoms with E-state index in [1.54, 1.807) is 0 Å². The number of nitrogens with zero attached hydrogens (tertiary/aromatic N) is 2. The van der Waals surface area contributed by atoms with Crippen LogP contribution >= 0.6 is 0 Å². The van der Waals surface area contributed by atoms with Gasteiger partial charge in [0.1, 0.15) is 0 Å². The Hall–Kier alpha value is -1.85. The van der Waals surface area contributed by atoms with Crippen LogP contribution in [0.3, 0.4) is 0 Å². The molecule has 1 unspecified atom stereocenters. The maximum atomic E-state index is 11.9. The van der Waals surface area contributed by atoms with E-state index in [2.05, 4.69) is 12.2 Å². The lowest BCUT2D eigenvalue weighted by Gasteiger charge is -2.16. The van der Waals surface area contributed by atoms with Crippen molar-refractivity contribution in [3.05, 3.63) is 12.2 Å². The first kappa shape index (κ1) is 16.5. The summed E-state index contributed by atoms with van der Waals surface area (Å²) in [7, 11) is 0. The number of hydrogen-bond donors (Lipinski definition) is 1. The highest BCUT2D eigenvalue weighted by Crippen LogP contribution is 2.14. The second-order valence-corrected chi connectivity index (χ2v) is 6.15. The van der Waals surface area contributed by atoms with Crippen LogP contribution in [0.1, 0.15) is 39.0 Å². The molecule has 122 valence electrons. The van der Waals surface area contributed by atoms with Crippen molar-refractivity contribution in [1.29, 1.82) is 0 Å². The molecule has 1 saturated heterocycles. The summed E-state index contributed by atoms with van der Waals surface area (Å²) >= 11 is 0. The molecule has 22 heavy (non-hydrogen) atoms. The zero-order chi connectivity index (χ0) is 15.9. The van der Waals surface area contributed by atoms with Gasteiger partial charge in [0.05, 0.1) is 0 Å². The Balaban J connectivity index is 1.47. The molecule has 2 rings (SSSR count). The summed E-state index contributed by atoms with van der Waals surface area (Å²) in [6.45, 7) is 5.06. The number of hydrogen-bond acceptors (Lipinski definition) is 3. The van der Waals surface area contributed by atoms with Crippen LogP contribution in [-0.4, -0.2) is 53.8 Å². The normalized spacial score (nSPS) is 21.0. The first-order valence-corrected chi connectivity index (χ1v) is 8.14. The summed E-state index contributed by atoms with van der Waals surface area (Å²) in [5.74, 6) is 0.186. The van der Waals surface area contributed by atoms with Crippen LogP contribution in [0.2, 0.25) is 0 Å². The molecule has 0 aromatic carbocycles. The molecule has 1 N–H and O–H groups in total. The van der Waals surface area contributed by atoms with E-state index in [1.807, 2.05) is 4.90 Å². The van der Waals surface area contributed by atoms with E-state index in [4.69, 9.17) is 0 Å². The van der Waals surface area contributed by atoms with Crippen LogP contribution in [0.25, 0.3) is 0 Å². The van der Waals surface area contributed by atoms with Crippen LogP contribution in [0.5, 0.6) is 0 Å². The number of nitrogens with one attached hydrogen (secondary N) is 1. The SMILES string of the molecule is CC1CCN(C(=O)NCCCCCCN2C(=O)C=CC2=O)C1. The fourth-order valence-electron chi connectivity index (χ4n) is 2.83. The van der Waals surface area contributed by atoms with Gasteiger partial charge in [0.15, 0.2) is 0 Å². The third kappa shape index (κ3) is 4.58. The van der Waals surface area contributed by atoms with E-state index in [0.29, 0.717) is 19.0 Å². The van der Waals surface area contributed by atoms with E-state index in [0.717, 1.165) is 45.2 Å². The van der Waals surface area contributed by atoms with Gasteiger partial charge in [-0.25, -0.2) is 4.79 Å². The molecule has 0 spiro atoms. The second-order valence-electron chi connectivity index (χ2n) is 6.15. The van der Waals surface area contributed by atoms with Crippen LogP contribution in [0.15, 0.2) is 12.2 Å². The van der Waals surface area contributed by atoms with Gasteiger partial charge in [-0.3, -0.25) is 14.5 Å². The monoisotopic (exact) mass is 307 g/mol. The molecule has 0 aromatic rings. The van der Waals surface area contributed by atoms with E-state index in [-0.39, 0.29) is 17.8 Å². The largest absolute Gasteiger partial charge is 0.338 e. The fraction of sp³-hybridized carbons (Fsp3) is 0.688. The number of imide groups is 1. The topological polar surface area (TPSA) is 69.7 Å². The number of urea groups is 1. The summed E-state index contributed by atoms with van der Waals surface area (Å²) in [5, 5.41) is 2.95. The standard InChI is InChI=1S/C16H25N3O3/c1-13-8-11-18(12-13)16(22)17-9-4-2-3-5-10-19-14(20)6-7-15(19)21/h6-7,13H,2-5,8-12H2,1H3,(H,17,22). The Morgan fingerprint density at radius 3 is 2.50 bits per heavy atom. The first-order valence-electron chi connectivity index (χ1n) is 8.14. The molecule has 2 aliphatic heterocycles. The van der Waals surface area contributed by atoms with Gasteiger partial charge in [0.25, 0.3) is 11.8 Å². The predicted octanol–water partition coefficient (Wildman–Crippen LogP) is 1.52. The van der Waals surface area contributed by atoms with Crippen molar-refractivity contribution in [3.63, 3.8) is 0 Å². The fourth-order valence-corrected chi connectivity index (χ4v) is 2.83. The molecule has 1 fully saturated rings. The highest BCUT2D eigenvalue weighted by atomic mass is 16.2. The van der Waals surface area contributed by atoms with Crippen molar-refractivity contribution in [2.24, 2.45) is 5.92 Å². The van der Waals surface area contributed by atoms with Crippen LogP contribution in [0.4, 0.5) is 4.79 Å². The summed E-state index contributed by atoms with van der Waals surface area (Å²) in [5.41, 5.74) is 0. The minimum Gasteiger partial charge on any atom is -0.338 e. The Morgan fingerprint density at radius 1 is 1.18 bits per heavy atom. The highest BCUT2D eigenvalue weighted by molar-refractivity contribution is 6.12. The van der Waals surface area contributed by atoms with Gasteiger partial charge in [-0.05, 0) is 25.2 Å². The number of carbonyl (C=O) groups is 3. The number of unbranched alkanes of at least 4 members (excludes halogenated alkanes) is 3. The van der Waals surface area contributed by atoms with Gasteiger partial charge in [-0.15, -0.1) is 0 Å². The molecule has 6 heteroatoms. The highest BCUT2D eigenvalue weighted by Gasteiger charge is 2.23. The van der Waals surface area contributed by atoms with Crippen molar-refractivity contribution < 1.29 is 14.4 Å². The third-order valence-electron chi connectivity index (χ3n) is 4.20. The molecule has 2 aliphatic rings. The molecule has 6 nitrogen and oxygen atoms in total. The quantitative estimate of drug-likeness (QED) is 0.573. The summed E-state index contributed by atoms with van der Waals surface area (Å²) in [6.07, 6.45) is 7.41. The van der Waals surface area contributed by atoms with Crippen LogP contribution in [-0.2, 0) is 9.59 Å². The molecule has 0 radical (unpaired) electrons. The predicted molar refractivity (Wildman–Crippen MR) is 83.1 cm³/mol. The maximum absolute atomic E-state index is 11.9. The van der Waals surface area contributed by atoms with Crippen LogP contribution < -0.4 is 5.32 Å². The molecule has 2 heterocycles. The zero-order valence-corrected chi connectivity index (χ0v) is 13.2. The lowest BCUT2D eigenvalue weighted by atomic mass is 10.2. The Morgan fingerprint density at radius 2 is 1.86 bits per heavy atom. The maximum Gasteiger partial charge on any atom is 0.317 e. The van der Waals surface area contributed by atoms with E-state index in [9.17, 15) is 14.4 Å². The number of likely N-dealkylation sites (tertiary alicyclic amines) is 1. The van der Waals surface area contributed by atoms with Crippen molar-refractivity contribution in [1.82, 2.24) is 15.1 Å². The average Bonchev–Trinajstić information content (AvgIpc) is 3.06. The molecule has 0 saturated carbocycles. The lowest BCUT2D eigenvalue weighted by Crippen LogP contribution is -2.38. The zero-order valence-electron chi connectivity index (χ0n) is 13.2. The van der Waals surface area contributed by atoms with Crippen LogP contribution in [0, 0.1) is 5.92 Å². The van der Waals surface area contributed by atoms with Crippen molar-refractivity contribution in [3.8, 4) is 0 Å². The van der Waals surface area contributed by atoms with E-state index >= 15 is 0 Å². The summed E-state index contributed by atoms with van der Waals surface area (Å²) < 4.78 is 0. The summed E-state index contributed by atoms with van der Waals surface area (Å²) in [6, 6.07) is 0.0451. The van der Waals surface area contributed by atoms with Gasteiger partial charge in [0.2, 0.25) is 0 Å². The minimum absolute atomic E-state index is 0.0451. The van der Waals surface area contributed by atoms with Gasteiger partial charge < -0.3 is 10.2 Å². The Bertz CT molecular complexity index is 444. The molecule has 0 aliphatic carbocycles. The first-order chi connectivity index (χ1) is 10.6. The Labute approximate surface area is 131 Å². The number of amides is 4. The van der Waals surface area contributed by atoms with E-state index < -0.39 is 0 Å². The third-order valence-corrected chi connectivity index (χ3v) is 4.20. The summed E-state index contributed by atoms with van der Waals surface area (Å²) in [4.78, 5) is 37.7. The number of rotatable bonds is 7. The molecular weight excluding hydrogens is 282 g/mol. The van der Waals surface area contributed by atoms with Crippen molar-refractivity contribution in [2.75, 3.05) is 26.2 Å². The number of carbonyl (C=O) groups excluding carboxylic acids is 3. The lowest BCUT2D eigenvalue weighted by molar-refractivity contribution is -0.136. The van der Waals surface area contributed by atoms with Crippen molar-refractivity contribution in [2.45, 2.75) is 39.0 Å². The minimum atomic E-state index is -0.211. The smallest absolute Gasteiger partial charge is 0.317 e. The van der Waals surface area contributed by atoms with Gasteiger partial charge in [-0.1, -0.05) is 19.8 Å². The van der Waals surface area contributed by atoms with E-state index in [1.165, 1.54) is 17.1 Å². The average molecular weight is 307 g/mol. The van der Waals surface area contributed by atoms with Gasteiger partial charge in [-0.2, -0.15) is 0 Å². The molecule has 1 atom stereocenters.